The number of carbonyl (C=O) groups excluding carboxylic acids is 1. The monoisotopic (exact) mass is 457 g/mol. The van der Waals surface area contributed by atoms with E-state index in [9.17, 15) is 13.6 Å². The predicted molar refractivity (Wildman–Crippen MR) is 123 cm³/mol. The molecule has 2 aromatic heterocycles. The Labute approximate surface area is 190 Å². The van der Waals surface area contributed by atoms with Crippen LogP contribution < -0.4 is 4.74 Å². The molecule has 8 heteroatoms. The van der Waals surface area contributed by atoms with Crippen LogP contribution in [-0.2, 0) is 13.0 Å². The predicted octanol–water partition coefficient (Wildman–Crippen LogP) is 5.95. The fourth-order valence-corrected chi connectivity index (χ4v) is 4.57. The SMILES string of the molecule is COc1cc2c(cc1C=C(F)F)-c1c(-c3cccs3)nc(C(=O)N(C)C(C)(C)C)n1CC2. The molecule has 0 atom stereocenters. The topological polar surface area (TPSA) is 47.4 Å². The van der Waals surface area contributed by atoms with Gasteiger partial charge in [-0.15, -0.1) is 11.3 Å². The third-order valence-electron chi connectivity index (χ3n) is 5.80. The number of amides is 1. The molecule has 3 aromatic rings. The van der Waals surface area contributed by atoms with Gasteiger partial charge >= 0.3 is 0 Å². The Morgan fingerprint density at radius 3 is 2.66 bits per heavy atom. The van der Waals surface area contributed by atoms with E-state index in [1.54, 1.807) is 18.0 Å². The van der Waals surface area contributed by atoms with E-state index in [2.05, 4.69) is 0 Å². The molecule has 3 heterocycles. The van der Waals surface area contributed by atoms with Gasteiger partial charge in [-0.3, -0.25) is 4.79 Å². The molecule has 1 aliphatic heterocycles. The lowest BCUT2D eigenvalue weighted by molar-refractivity contribution is 0.0638. The number of thiophene rings is 1. The van der Waals surface area contributed by atoms with Crippen LogP contribution >= 0.6 is 11.3 Å². The number of rotatable bonds is 4. The third-order valence-corrected chi connectivity index (χ3v) is 6.68. The van der Waals surface area contributed by atoms with Crippen molar-refractivity contribution >= 4 is 23.3 Å². The number of hydrogen-bond donors (Lipinski definition) is 0. The van der Waals surface area contributed by atoms with Gasteiger partial charge in [-0.2, -0.15) is 8.78 Å². The number of ether oxygens (including phenoxy) is 1. The van der Waals surface area contributed by atoms with Crippen molar-refractivity contribution in [2.75, 3.05) is 14.2 Å². The second-order valence-electron chi connectivity index (χ2n) is 8.73. The zero-order chi connectivity index (χ0) is 23.2. The Morgan fingerprint density at radius 1 is 1.31 bits per heavy atom. The van der Waals surface area contributed by atoms with Crippen molar-refractivity contribution in [1.82, 2.24) is 14.5 Å². The maximum Gasteiger partial charge on any atom is 0.290 e. The zero-order valence-electron chi connectivity index (χ0n) is 18.7. The molecule has 0 fully saturated rings. The van der Waals surface area contributed by atoms with Crippen molar-refractivity contribution in [3.8, 4) is 27.6 Å². The maximum absolute atomic E-state index is 13.4. The number of imidazole rings is 1. The molecule has 0 unspecified atom stereocenters. The maximum atomic E-state index is 13.4. The smallest absolute Gasteiger partial charge is 0.290 e. The van der Waals surface area contributed by atoms with Crippen LogP contribution in [0.5, 0.6) is 5.75 Å². The van der Waals surface area contributed by atoms with E-state index < -0.39 is 6.08 Å². The summed E-state index contributed by atoms with van der Waals surface area (Å²) in [5.41, 5.74) is 3.15. The molecule has 5 nitrogen and oxygen atoms in total. The van der Waals surface area contributed by atoms with Gasteiger partial charge in [0.05, 0.1) is 17.7 Å². The minimum absolute atomic E-state index is 0.173. The Hall–Kier alpha value is -3.00. The van der Waals surface area contributed by atoms with E-state index >= 15 is 0 Å². The van der Waals surface area contributed by atoms with Crippen LogP contribution in [-0.4, -0.2) is 40.1 Å². The van der Waals surface area contributed by atoms with Crippen molar-refractivity contribution in [1.29, 1.82) is 0 Å². The zero-order valence-corrected chi connectivity index (χ0v) is 19.5. The van der Waals surface area contributed by atoms with E-state index in [4.69, 9.17) is 9.72 Å². The first-order chi connectivity index (χ1) is 15.1. The van der Waals surface area contributed by atoms with Gasteiger partial charge in [0.25, 0.3) is 12.0 Å². The molecule has 0 bridgehead atoms. The van der Waals surface area contributed by atoms with Crippen molar-refractivity contribution < 1.29 is 18.3 Å². The largest absolute Gasteiger partial charge is 0.496 e. The second-order valence-corrected chi connectivity index (χ2v) is 9.68. The van der Waals surface area contributed by atoms with Gasteiger partial charge in [0.15, 0.2) is 5.82 Å². The molecule has 1 aliphatic rings. The lowest BCUT2D eigenvalue weighted by Gasteiger charge is -2.32. The number of carbonyl (C=O) groups is 1. The summed E-state index contributed by atoms with van der Waals surface area (Å²) in [7, 11) is 3.24. The standard InChI is InChI=1S/C24H25F2N3O2S/c1-24(2,3)28(4)23(30)22-27-20(18-7-6-10-32-18)21-16-11-15(13-19(25)26)17(31-5)12-14(16)8-9-29(21)22/h6-7,10-13H,8-9H2,1-5H3. The quantitative estimate of drug-likeness (QED) is 0.486. The molecule has 4 rings (SSSR count). The highest BCUT2D eigenvalue weighted by Crippen LogP contribution is 2.42. The molecular formula is C24H25F2N3O2S. The lowest BCUT2D eigenvalue weighted by atomic mass is 9.94. The van der Waals surface area contributed by atoms with E-state index in [1.165, 1.54) is 18.4 Å². The number of halogens is 2. The normalized spacial score (nSPS) is 12.7. The Bertz CT molecular complexity index is 1200. The summed E-state index contributed by atoms with van der Waals surface area (Å²) in [6.07, 6.45) is -0.354. The van der Waals surface area contributed by atoms with Crippen LogP contribution in [0.1, 0.15) is 42.5 Å². The van der Waals surface area contributed by atoms with E-state index in [0.29, 0.717) is 30.2 Å². The third kappa shape index (κ3) is 3.83. The van der Waals surface area contributed by atoms with Gasteiger partial charge in [0.1, 0.15) is 11.4 Å². The van der Waals surface area contributed by atoms with Crippen LogP contribution in [0.15, 0.2) is 35.7 Å². The van der Waals surface area contributed by atoms with E-state index in [1.807, 2.05) is 48.9 Å². The number of aryl methyl sites for hydroxylation is 1. The Balaban J connectivity index is 1.97. The second kappa shape index (κ2) is 8.16. The van der Waals surface area contributed by atoms with Gasteiger partial charge in [-0.1, -0.05) is 6.07 Å². The van der Waals surface area contributed by atoms with Crippen LogP contribution in [0, 0.1) is 0 Å². The first-order valence-electron chi connectivity index (χ1n) is 10.3. The fourth-order valence-electron chi connectivity index (χ4n) is 3.85. The molecule has 0 radical (unpaired) electrons. The summed E-state index contributed by atoms with van der Waals surface area (Å²) in [6, 6.07) is 7.40. The highest BCUT2D eigenvalue weighted by Gasteiger charge is 2.33. The first-order valence-corrected chi connectivity index (χ1v) is 11.2. The molecule has 0 aliphatic carbocycles. The van der Waals surface area contributed by atoms with Gasteiger partial charge < -0.3 is 14.2 Å². The molecule has 0 N–H and O–H groups in total. The number of nitrogens with zero attached hydrogens (tertiary/aromatic N) is 3. The number of fused-ring (bicyclic) bond motifs is 3. The van der Waals surface area contributed by atoms with Crippen LogP contribution in [0.4, 0.5) is 8.78 Å². The molecule has 0 saturated heterocycles. The molecule has 0 saturated carbocycles. The molecule has 0 spiro atoms. The highest BCUT2D eigenvalue weighted by molar-refractivity contribution is 7.13. The van der Waals surface area contributed by atoms with Gasteiger partial charge in [-0.25, -0.2) is 4.98 Å². The molecule has 1 aromatic carbocycles. The average Bonchev–Trinajstić information content (AvgIpc) is 3.38. The van der Waals surface area contributed by atoms with Gasteiger partial charge in [0, 0.05) is 36.3 Å². The minimum atomic E-state index is -1.80. The highest BCUT2D eigenvalue weighted by atomic mass is 32.1. The minimum Gasteiger partial charge on any atom is -0.496 e. The Morgan fingerprint density at radius 2 is 2.06 bits per heavy atom. The molecule has 1 amide bonds. The first kappa shape index (κ1) is 22.2. The van der Waals surface area contributed by atoms with Gasteiger partial charge in [0.2, 0.25) is 0 Å². The van der Waals surface area contributed by atoms with Crippen molar-refractivity contribution in [2.45, 2.75) is 39.3 Å². The van der Waals surface area contributed by atoms with Crippen LogP contribution in [0.3, 0.4) is 0 Å². The molecule has 168 valence electrons. The lowest BCUT2D eigenvalue weighted by Crippen LogP contribution is -2.43. The Kier molecular flexibility index (Phi) is 5.67. The summed E-state index contributed by atoms with van der Waals surface area (Å²) >= 11 is 1.53. The summed E-state index contributed by atoms with van der Waals surface area (Å²) < 4.78 is 33.5. The van der Waals surface area contributed by atoms with Crippen molar-refractivity contribution in [3.63, 3.8) is 0 Å². The fraction of sp³-hybridized carbons (Fsp3) is 0.333. The van der Waals surface area contributed by atoms with Crippen LogP contribution in [0.25, 0.3) is 27.9 Å². The van der Waals surface area contributed by atoms with Crippen LogP contribution in [0.2, 0.25) is 0 Å². The van der Waals surface area contributed by atoms with Gasteiger partial charge in [-0.05, 0) is 56.3 Å². The molecule has 32 heavy (non-hydrogen) atoms. The summed E-state index contributed by atoms with van der Waals surface area (Å²) in [5.74, 6) is 0.579. The summed E-state index contributed by atoms with van der Waals surface area (Å²) in [6.45, 7) is 6.47. The van der Waals surface area contributed by atoms with E-state index in [0.717, 1.165) is 27.8 Å². The number of methoxy groups -OCH3 is 1. The molecular weight excluding hydrogens is 432 g/mol. The number of hydrogen-bond acceptors (Lipinski definition) is 4. The average molecular weight is 458 g/mol. The number of benzene rings is 1. The number of aromatic nitrogens is 2. The summed E-state index contributed by atoms with van der Waals surface area (Å²) in [4.78, 5) is 20.8. The van der Waals surface area contributed by atoms with E-state index in [-0.39, 0.29) is 17.0 Å². The summed E-state index contributed by atoms with van der Waals surface area (Å²) in [5, 5.41) is 1.95. The van der Waals surface area contributed by atoms with Crippen molar-refractivity contribution in [3.05, 3.63) is 52.7 Å². The van der Waals surface area contributed by atoms with Crippen molar-refractivity contribution in [2.24, 2.45) is 0 Å².